The molecule has 0 amide bonds. The summed E-state index contributed by atoms with van der Waals surface area (Å²) >= 11 is 3.57. The highest BCUT2D eigenvalue weighted by Crippen LogP contribution is 2.30. The molecule has 0 atom stereocenters. The molecule has 1 fully saturated rings. The highest BCUT2D eigenvalue weighted by molar-refractivity contribution is 9.10. The molecule has 0 spiro atoms. The van der Waals surface area contributed by atoms with E-state index in [1.165, 1.54) is 0 Å². The van der Waals surface area contributed by atoms with Crippen LogP contribution in [0.1, 0.15) is 31.2 Å². The van der Waals surface area contributed by atoms with E-state index < -0.39 is 5.60 Å². The van der Waals surface area contributed by atoms with E-state index in [9.17, 15) is 5.11 Å². The van der Waals surface area contributed by atoms with E-state index in [0.717, 1.165) is 22.4 Å². The standard InChI is InChI=1S/C12H19BrN2O2/c1-3-15-10(11(13)9(2)14-15)8-12(16)4-6-17-7-5-12/h16H,3-8H2,1-2H3. The molecule has 1 N–H and O–H groups in total. The van der Waals surface area contributed by atoms with Gasteiger partial charge >= 0.3 is 0 Å². The van der Waals surface area contributed by atoms with Gasteiger partial charge in [-0.15, -0.1) is 0 Å². The first-order valence-electron chi connectivity index (χ1n) is 6.07. The molecule has 2 heterocycles. The van der Waals surface area contributed by atoms with Gasteiger partial charge in [-0.1, -0.05) is 0 Å². The van der Waals surface area contributed by atoms with Crippen LogP contribution in [0, 0.1) is 6.92 Å². The number of halogens is 1. The second-order valence-corrected chi connectivity index (χ2v) is 5.47. The lowest BCUT2D eigenvalue weighted by atomic mass is 9.89. The molecule has 1 aliphatic rings. The summed E-state index contributed by atoms with van der Waals surface area (Å²) in [6, 6.07) is 0. The van der Waals surface area contributed by atoms with Crippen LogP contribution in [0.3, 0.4) is 0 Å². The Kier molecular flexibility index (Phi) is 3.90. The molecular weight excluding hydrogens is 284 g/mol. The lowest BCUT2D eigenvalue weighted by molar-refractivity contribution is -0.0636. The first-order valence-corrected chi connectivity index (χ1v) is 6.87. The van der Waals surface area contributed by atoms with E-state index in [1.54, 1.807) is 0 Å². The summed E-state index contributed by atoms with van der Waals surface area (Å²) in [5.41, 5.74) is 1.44. The molecule has 2 rings (SSSR count). The van der Waals surface area contributed by atoms with Crippen LogP contribution < -0.4 is 0 Å². The average molecular weight is 303 g/mol. The van der Waals surface area contributed by atoms with E-state index in [-0.39, 0.29) is 0 Å². The van der Waals surface area contributed by atoms with Crippen molar-refractivity contribution in [2.24, 2.45) is 0 Å². The summed E-state index contributed by atoms with van der Waals surface area (Å²) in [6.45, 7) is 6.17. The molecule has 96 valence electrons. The van der Waals surface area contributed by atoms with Gasteiger partial charge in [-0.25, -0.2) is 0 Å². The monoisotopic (exact) mass is 302 g/mol. The predicted molar refractivity (Wildman–Crippen MR) is 69.0 cm³/mol. The maximum Gasteiger partial charge on any atom is 0.0747 e. The first-order chi connectivity index (χ1) is 8.06. The van der Waals surface area contributed by atoms with E-state index in [0.29, 0.717) is 32.5 Å². The Morgan fingerprint density at radius 3 is 2.71 bits per heavy atom. The summed E-state index contributed by atoms with van der Waals surface area (Å²) in [6.07, 6.45) is 2.05. The van der Waals surface area contributed by atoms with Gasteiger partial charge in [-0.2, -0.15) is 5.10 Å². The van der Waals surface area contributed by atoms with Gasteiger partial charge in [-0.05, 0) is 42.6 Å². The number of hydrogen-bond acceptors (Lipinski definition) is 3. The Hall–Kier alpha value is -0.390. The smallest absolute Gasteiger partial charge is 0.0747 e. The first kappa shape index (κ1) is 13.1. The van der Waals surface area contributed by atoms with Crippen LogP contribution in [0.2, 0.25) is 0 Å². The lowest BCUT2D eigenvalue weighted by Gasteiger charge is -2.32. The van der Waals surface area contributed by atoms with Crippen molar-refractivity contribution in [2.75, 3.05) is 13.2 Å². The number of hydrogen-bond donors (Lipinski definition) is 1. The lowest BCUT2D eigenvalue weighted by Crippen LogP contribution is -2.38. The van der Waals surface area contributed by atoms with Gasteiger partial charge in [0.1, 0.15) is 0 Å². The fourth-order valence-electron chi connectivity index (χ4n) is 2.28. The molecule has 1 aromatic heterocycles. The van der Waals surface area contributed by atoms with Crippen LogP contribution in [0.4, 0.5) is 0 Å². The molecule has 0 unspecified atom stereocenters. The topological polar surface area (TPSA) is 47.3 Å². The zero-order chi connectivity index (χ0) is 12.5. The number of nitrogens with zero attached hydrogens (tertiary/aromatic N) is 2. The molecular formula is C12H19BrN2O2. The number of ether oxygens (including phenoxy) is 1. The molecule has 17 heavy (non-hydrogen) atoms. The summed E-state index contributed by atoms with van der Waals surface area (Å²) in [5.74, 6) is 0. The average Bonchev–Trinajstić information content (AvgIpc) is 2.57. The number of aliphatic hydroxyl groups is 1. The Bertz CT molecular complexity index is 397. The molecule has 1 aliphatic heterocycles. The van der Waals surface area contributed by atoms with Crippen LogP contribution in [-0.2, 0) is 17.7 Å². The second kappa shape index (κ2) is 5.08. The Labute approximate surface area is 110 Å². The van der Waals surface area contributed by atoms with Crippen molar-refractivity contribution in [3.63, 3.8) is 0 Å². The third-order valence-corrected chi connectivity index (χ3v) is 4.40. The van der Waals surface area contributed by atoms with Gasteiger partial charge in [0.15, 0.2) is 0 Å². The molecule has 0 bridgehead atoms. The predicted octanol–water partition coefficient (Wildman–Crippen LogP) is 2.06. The largest absolute Gasteiger partial charge is 0.389 e. The highest BCUT2D eigenvalue weighted by Gasteiger charge is 2.32. The molecule has 1 aromatic rings. The van der Waals surface area contributed by atoms with Crippen molar-refractivity contribution in [2.45, 2.75) is 45.3 Å². The minimum absolute atomic E-state index is 0.639. The maximum atomic E-state index is 10.5. The normalized spacial score (nSPS) is 19.5. The molecule has 0 radical (unpaired) electrons. The summed E-state index contributed by atoms with van der Waals surface area (Å²) in [5, 5.41) is 15.0. The number of aryl methyl sites for hydroxylation is 2. The van der Waals surface area contributed by atoms with Gasteiger partial charge in [0.05, 0.1) is 21.5 Å². The fraction of sp³-hybridized carbons (Fsp3) is 0.750. The maximum absolute atomic E-state index is 10.5. The van der Waals surface area contributed by atoms with Crippen LogP contribution in [0.25, 0.3) is 0 Å². The van der Waals surface area contributed by atoms with Crippen molar-refractivity contribution in [3.8, 4) is 0 Å². The van der Waals surface area contributed by atoms with E-state index in [1.807, 2.05) is 11.6 Å². The number of rotatable bonds is 3. The fourth-order valence-corrected chi connectivity index (χ4v) is 2.70. The van der Waals surface area contributed by atoms with Gasteiger partial charge in [0.25, 0.3) is 0 Å². The van der Waals surface area contributed by atoms with Crippen LogP contribution in [-0.4, -0.2) is 33.7 Å². The molecule has 0 aliphatic carbocycles. The van der Waals surface area contributed by atoms with Gasteiger partial charge in [0, 0.05) is 26.2 Å². The van der Waals surface area contributed by atoms with Crippen LogP contribution in [0.5, 0.6) is 0 Å². The molecule has 5 heteroatoms. The summed E-state index contributed by atoms with van der Waals surface area (Å²) in [7, 11) is 0. The van der Waals surface area contributed by atoms with E-state index in [2.05, 4.69) is 28.0 Å². The molecule has 4 nitrogen and oxygen atoms in total. The van der Waals surface area contributed by atoms with Crippen molar-refractivity contribution < 1.29 is 9.84 Å². The zero-order valence-electron chi connectivity index (χ0n) is 10.4. The Balaban J connectivity index is 2.22. The van der Waals surface area contributed by atoms with Crippen molar-refractivity contribution in [1.82, 2.24) is 9.78 Å². The van der Waals surface area contributed by atoms with Crippen molar-refractivity contribution >= 4 is 15.9 Å². The highest BCUT2D eigenvalue weighted by atomic mass is 79.9. The number of aromatic nitrogens is 2. The quantitative estimate of drug-likeness (QED) is 0.930. The van der Waals surface area contributed by atoms with Crippen LogP contribution >= 0.6 is 15.9 Å². The van der Waals surface area contributed by atoms with Gasteiger partial charge < -0.3 is 9.84 Å². The van der Waals surface area contributed by atoms with E-state index >= 15 is 0 Å². The summed E-state index contributed by atoms with van der Waals surface area (Å²) in [4.78, 5) is 0. The molecule has 0 saturated carbocycles. The Morgan fingerprint density at radius 2 is 2.12 bits per heavy atom. The van der Waals surface area contributed by atoms with Gasteiger partial charge in [-0.3, -0.25) is 4.68 Å². The summed E-state index contributed by atoms with van der Waals surface area (Å²) < 4.78 is 8.29. The second-order valence-electron chi connectivity index (χ2n) is 4.68. The molecule has 1 saturated heterocycles. The van der Waals surface area contributed by atoms with Crippen LogP contribution in [0.15, 0.2) is 4.47 Å². The van der Waals surface area contributed by atoms with E-state index in [4.69, 9.17) is 4.74 Å². The molecule has 0 aromatic carbocycles. The zero-order valence-corrected chi connectivity index (χ0v) is 12.0. The van der Waals surface area contributed by atoms with Crippen molar-refractivity contribution in [1.29, 1.82) is 0 Å². The third-order valence-electron chi connectivity index (χ3n) is 3.37. The third kappa shape index (κ3) is 2.72. The minimum atomic E-state index is -0.639. The van der Waals surface area contributed by atoms with Gasteiger partial charge in [0.2, 0.25) is 0 Å². The van der Waals surface area contributed by atoms with Crippen molar-refractivity contribution in [3.05, 3.63) is 15.9 Å². The Morgan fingerprint density at radius 1 is 1.47 bits per heavy atom. The SMILES string of the molecule is CCn1nc(C)c(Br)c1CC1(O)CCOCC1. The minimum Gasteiger partial charge on any atom is -0.389 e.